The summed E-state index contributed by atoms with van der Waals surface area (Å²) in [5, 5.41) is 32.3. The number of ether oxygens (including phenoxy) is 5. The maximum Gasteiger partial charge on any atom is 0.494 e. The summed E-state index contributed by atoms with van der Waals surface area (Å²) in [6.07, 6.45) is 19.1. The Morgan fingerprint density at radius 2 is 0.765 bits per heavy atom. The van der Waals surface area contributed by atoms with Crippen LogP contribution in [0.2, 0.25) is 31.3 Å². The smallest absolute Gasteiger partial charge is 0.466 e. The van der Waals surface area contributed by atoms with E-state index >= 15 is 0 Å². The van der Waals surface area contributed by atoms with Crippen LogP contribution in [0.4, 0.5) is 37.4 Å². The minimum atomic E-state index is -0.381. The minimum absolute atomic E-state index is 0. The monoisotopic (exact) mass is 2010 g/mol. The highest BCUT2D eigenvalue weighted by molar-refractivity contribution is 6.62. The first kappa shape index (κ1) is 107. The minimum Gasteiger partial charge on any atom is -0.466 e. The van der Waals surface area contributed by atoms with Gasteiger partial charge in [-0.3, -0.25) is 35.2 Å². The second-order valence-electron chi connectivity index (χ2n) is 33.4. The number of fused-ring (bicyclic) bond motifs is 3. The van der Waals surface area contributed by atoms with E-state index in [0.717, 1.165) is 160 Å². The second kappa shape index (κ2) is 51.2. The fraction of sp³-hybridized carbons (Fsp3) is 0.500. The van der Waals surface area contributed by atoms with Gasteiger partial charge in [0, 0.05) is 68.5 Å². The van der Waals surface area contributed by atoms with Crippen molar-refractivity contribution in [1.29, 1.82) is 0 Å². The molecule has 7 aromatic heterocycles. The van der Waals surface area contributed by atoms with Crippen LogP contribution in [0.1, 0.15) is 187 Å². The number of aldehydes is 1. The van der Waals surface area contributed by atoms with E-state index in [0.29, 0.717) is 96.8 Å². The number of hydrogen-bond donors (Lipinski definition) is 8. The van der Waals surface area contributed by atoms with E-state index in [9.17, 15) is 38.4 Å². The summed E-state index contributed by atoms with van der Waals surface area (Å²) in [4.78, 5) is 128. The highest BCUT2D eigenvalue weighted by Gasteiger charge is 2.52. The average molecular weight is 2020 g/mol. The third-order valence-electron chi connectivity index (χ3n) is 24.3. The number of carbonyl (C=O) groups excluding carboxylic acids is 8. The van der Waals surface area contributed by atoms with Crippen LogP contribution < -0.4 is 53.5 Å². The molecule has 10 aromatic rings. The van der Waals surface area contributed by atoms with Crippen LogP contribution in [0.15, 0.2) is 91.4 Å². The van der Waals surface area contributed by atoms with Crippen LogP contribution in [-0.4, -0.2) is 216 Å². The molecule has 0 unspecified atom stereocenters. The van der Waals surface area contributed by atoms with Gasteiger partial charge in [-0.05, 0) is 235 Å². The number of hydrogen-bond acceptors (Lipinski definition) is 29. The Morgan fingerprint density at radius 1 is 0.441 bits per heavy atom. The molecule has 46 heteroatoms. The molecule has 0 bridgehead atoms. The van der Waals surface area contributed by atoms with Crippen molar-refractivity contribution < 1.29 is 71.3 Å². The van der Waals surface area contributed by atoms with Crippen molar-refractivity contribution in [3.8, 4) is 22.5 Å². The maximum atomic E-state index is 12.2. The van der Waals surface area contributed by atoms with Crippen LogP contribution >= 0.6 is 82.0 Å². The SMILES string of the molecule is CCOC(=O)C1CCC(NN)CC1.CCOC(=O)C1CCC(n2ncc3c(-c4ccc(NC(=O)NC)cc4)nc(Cl)nc32)CC1.CCOC(=O)C1CCC(n2ncc3c(-c4ccc(NC(=O)NC)cc4)nc(N4CCOCC4)nc32)CC1.CCOC(=O)C1CCC(n2ncc3c(Cl)nc(Cl)nc32)CC1.CNC(=O)Nc1ccc(B2OC(C)(C)C(C)(C)O2)cc1.Cl.O=Cc1c(Cl)nc(Cl)nc1Cl. The molecule has 6 amide bonds. The molecule has 2 aliphatic heterocycles. The summed E-state index contributed by atoms with van der Waals surface area (Å²) in [5.41, 5.74) is 10.4. The highest BCUT2D eigenvalue weighted by Crippen LogP contribution is 2.42. The summed E-state index contributed by atoms with van der Waals surface area (Å²) in [6, 6.07) is 22.4. The lowest BCUT2D eigenvalue weighted by Gasteiger charge is -2.32. The Morgan fingerprint density at radius 3 is 1.12 bits per heavy atom. The number of hydrazine groups is 1. The van der Waals surface area contributed by atoms with Crippen molar-refractivity contribution in [3.05, 3.63) is 128 Å². The van der Waals surface area contributed by atoms with Crippen LogP contribution in [0.5, 0.6) is 0 Å². The zero-order valence-electron chi connectivity index (χ0n) is 77.5. The summed E-state index contributed by atoms with van der Waals surface area (Å²) < 4.78 is 43.7. The number of nitrogens with one attached hydrogen (secondary N) is 7. The number of amides is 6. The summed E-state index contributed by atoms with van der Waals surface area (Å²) in [6.45, 7) is 19.9. The van der Waals surface area contributed by atoms with E-state index in [4.69, 9.17) is 124 Å². The lowest BCUT2D eigenvalue weighted by Crippen LogP contribution is -2.41. The van der Waals surface area contributed by atoms with Gasteiger partial charge < -0.3 is 69.8 Å². The van der Waals surface area contributed by atoms with Gasteiger partial charge in [0.1, 0.15) is 15.5 Å². The standard InChI is InChI=1S/C26H33N7O4.C22H25ClN6O3.C14H21BN2O3.C14H16Cl2N4O2.C9H18N2O2.C5HCl3N2O.ClH/c1-3-37-24(34)18-6-10-20(11-7-18)33-23-21(16-28-33)22(30-25(31-23)32-12-14-36-15-13-32)17-4-8-19(9-5-17)29-26(35)27-2;1-3-32-20(30)14-6-10-16(11-7-14)29-19-17(12-25-29)18(27-21(23)28-19)13-4-8-15(9-5-13)26-22(31)24-2;1-13(2)14(3,4)20-15(19-13)10-6-8-11(9-7-10)17-12(18)16-5;1-2-22-13(21)8-3-5-9(6-4-8)20-12-10(7-17-20)11(15)18-14(16)19-12;1-2-13-9(12)7-3-5-8(11-10)6-4-7;6-3-2(1-11)4(7)10-5(8)9-3;/h4-5,8-9,16,18,20H,3,6-7,10-15H2,1-2H3,(H2,27,29,35);4-5,8-9,12,14,16H,3,6-7,10-11H2,1-2H3,(H2,24,26,31);6-9H,1-5H3,(H2,16,17,18);7-9H,2-6H2,1H3;7-8,11H,2-6,10H2,1H3;1H;1H. The van der Waals surface area contributed by atoms with Gasteiger partial charge in [-0.15, -0.1) is 12.4 Å². The first-order valence-corrected chi connectivity index (χ1v) is 47.2. The van der Waals surface area contributed by atoms with Gasteiger partial charge in [-0.25, -0.2) is 53.3 Å². The zero-order chi connectivity index (χ0) is 97.2. The van der Waals surface area contributed by atoms with Crippen molar-refractivity contribution in [2.75, 3.05) is 94.7 Å². The Hall–Kier alpha value is -10.6. The molecule has 0 spiro atoms. The van der Waals surface area contributed by atoms with E-state index in [1.54, 1.807) is 45.7 Å². The van der Waals surface area contributed by atoms with Crippen molar-refractivity contribution in [2.24, 2.45) is 29.5 Å². The van der Waals surface area contributed by atoms with Crippen molar-refractivity contribution in [2.45, 2.75) is 193 Å². The number of rotatable bonds is 20. The van der Waals surface area contributed by atoms with Gasteiger partial charge in [-0.2, -0.15) is 30.2 Å². The Kier molecular flexibility index (Phi) is 40.5. The van der Waals surface area contributed by atoms with E-state index in [1.165, 1.54) is 0 Å². The molecule has 136 heavy (non-hydrogen) atoms. The molecule has 0 radical (unpaired) electrons. The normalized spacial score (nSPS) is 19.7. The van der Waals surface area contributed by atoms with Crippen LogP contribution in [0, 0.1) is 23.7 Å². The molecule has 6 aliphatic rings. The molecule has 9 heterocycles. The van der Waals surface area contributed by atoms with E-state index in [2.05, 4.69) is 82.3 Å². The van der Waals surface area contributed by atoms with Gasteiger partial charge in [0.2, 0.25) is 21.8 Å². The molecular formula is C90H115BCl7N23O15. The quantitative estimate of drug-likeness (QED) is 0.00513. The van der Waals surface area contributed by atoms with Crippen LogP contribution in [-0.2, 0) is 52.2 Å². The fourth-order valence-electron chi connectivity index (χ4n) is 16.2. The van der Waals surface area contributed by atoms with Crippen LogP contribution in [0.3, 0.4) is 0 Å². The third-order valence-corrected chi connectivity index (χ3v) is 25.6. The first-order chi connectivity index (χ1) is 64.8. The number of nitrogens with zero attached hydrogens (tertiary/aromatic N) is 15. The highest BCUT2D eigenvalue weighted by atomic mass is 35.5. The van der Waals surface area contributed by atoms with Crippen molar-refractivity contribution in [3.63, 3.8) is 0 Å². The Bertz CT molecular complexity index is 5660. The number of aromatic nitrogens is 14. The number of anilines is 4. The lowest BCUT2D eigenvalue weighted by molar-refractivity contribution is -0.150. The summed E-state index contributed by atoms with van der Waals surface area (Å²) in [7, 11) is 4.34. The largest absolute Gasteiger partial charge is 0.494 e. The topological polar surface area (TPSA) is 471 Å². The van der Waals surface area contributed by atoms with Crippen LogP contribution in [0.25, 0.3) is 55.6 Å². The Labute approximate surface area is 824 Å². The Balaban J connectivity index is 0.000000176. The van der Waals surface area contributed by atoms with Crippen molar-refractivity contribution >= 4 is 199 Å². The molecule has 3 aromatic carbocycles. The van der Waals surface area contributed by atoms with Gasteiger partial charge in [0.05, 0.1) is 144 Å². The van der Waals surface area contributed by atoms with E-state index < -0.39 is 0 Å². The number of benzene rings is 3. The van der Waals surface area contributed by atoms with Crippen molar-refractivity contribution in [1.82, 2.24) is 90.6 Å². The number of esters is 4. The molecule has 4 aliphatic carbocycles. The molecule has 2 saturated heterocycles. The number of nitrogens with two attached hydrogens (primary N) is 1. The van der Waals surface area contributed by atoms with Gasteiger partial charge in [0.15, 0.2) is 23.2 Å². The molecule has 9 N–H and O–H groups in total. The maximum absolute atomic E-state index is 12.2. The van der Waals surface area contributed by atoms with Gasteiger partial charge in [0.25, 0.3) is 0 Å². The molecule has 6 fully saturated rings. The number of carbonyl (C=O) groups is 8. The first-order valence-electron chi connectivity index (χ1n) is 45.0. The fourth-order valence-corrected chi connectivity index (χ4v) is 17.5. The number of morpholine rings is 1. The molecule has 0 atom stereocenters. The summed E-state index contributed by atoms with van der Waals surface area (Å²) in [5.74, 6) is 5.61. The molecule has 4 saturated carbocycles. The third kappa shape index (κ3) is 28.4. The molecule has 38 nitrogen and oxygen atoms in total. The zero-order valence-corrected chi connectivity index (χ0v) is 82.8. The average Bonchev–Trinajstić information content (AvgIpc) is 1.62. The second-order valence-corrected chi connectivity index (χ2v) is 35.5. The van der Waals surface area contributed by atoms with Gasteiger partial charge in [-0.1, -0.05) is 71.2 Å². The lowest BCUT2D eigenvalue weighted by atomic mass is 9.79. The number of urea groups is 3. The molecular weight excluding hydrogens is 1900 g/mol. The number of halogens is 7. The molecule has 732 valence electrons. The van der Waals surface area contributed by atoms with E-state index in [1.807, 2.05) is 136 Å². The summed E-state index contributed by atoms with van der Waals surface area (Å²) >= 11 is 34.6. The predicted octanol–water partition coefficient (Wildman–Crippen LogP) is 16.0. The molecule has 16 rings (SSSR count). The predicted molar refractivity (Wildman–Crippen MR) is 524 cm³/mol. The van der Waals surface area contributed by atoms with Gasteiger partial charge >= 0.3 is 49.1 Å². The van der Waals surface area contributed by atoms with E-state index in [-0.39, 0.29) is 146 Å².